The molecule has 0 aliphatic rings. The molecule has 8 nitrogen and oxygen atoms in total. The molecule has 0 bridgehead atoms. The highest BCUT2D eigenvalue weighted by atomic mass is 16.5. The fourth-order valence-electron chi connectivity index (χ4n) is 3.09. The van der Waals surface area contributed by atoms with Crippen LogP contribution in [0.25, 0.3) is 0 Å². The zero-order chi connectivity index (χ0) is 23.0. The van der Waals surface area contributed by atoms with Gasteiger partial charge in [-0.2, -0.15) is 0 Å². The lowest BCUT2D eigenvalue weighted by Gasteiger charge is -2.09. The van der Waals surface area contributed by atoms with Crippen molar-refractivity contribution in [3.05, 3.63) is 102 Å². The Labute approximate surface area is 190 Å². The van der Waals surface area contributed by atoms with Gasteiger partial charge in [0, 0.05) is 12.2 Å². The smallest absolute Gasteiger partial charge is 0.291 e. The minimum Gasteiger partial charge on any atom is -0.493 e. The lowest BCUT2D eigenvalue weighted by Crippen LogP contribution is -2.22. The molecule has 2 aromatic carbocycles. The Morgan fingerprint density at radius 3 is 2.52 bits per heavy atom. The van der Waals surface area contributed by atoms with Crippen LogP contribution in [0.4, 0.5) is 5.69 Å². The molecule has 0 unspecified atom stereocenters. The average molecular weight is 446 g/mol. The fraction of sp³-hybridized carbons (Fsp3) is 0.120. The van der Waals surface area contributed by atoms with Crippen molar-refractivity contribution in [2.24, 2.45) is 0 Å². The first-order chi connectivity index (χ1) is 16.1. The summed E-state index contributed by atoms with van der Waals surface area (Å²) in [6, 6.07) is 21.0. The zero-order valence-electron chi connectivity index (χ0n) is 17.9. The highest BCUT2D eigenvalue weighted by Crippen LogP contribution is 2.26. The van der Waals surface area contributed by atoms with Crippen LogP contribution in [-0.4, -0.2) is 18.9 Å². The second kappa shape index (κ2) is 10.2. The molecule has 8 heteroatoms. The Morgan fingerprint density at radius 2 is 1.73 bits per heavy atom. The van der Waals surface area contributed by atoms with Gasteiger partial charge in [0.25, 0.3) is 11.8 Å². The second-order valence-corrected chi connectivity index (χ2v) is 7.02. The van der Waals surface area contributed by atoms with E-state index in [0.29, 0.717) is 22.9 Å². The summed E-state index contributed by atoms with van der Waals surface area (Å²) in [4.78, 5) is 24.6. The predicted molar refractivity (Wildman–Crippen MR) is 120 cm³/mol. The van der Waals surface area contributed by atoms with E-state index in [1.165, 1.54) is 6.26 Å². The third-order valence-electron chi connectivity index (χ3n) is 4.71. The van der Waals surface area contributed by atoms with Gasteiger partial charge < -0.3 is 28.9 Å². The summed E-state index contributed by atoms with van der Waals surface area (Å²) in [6.07, 6.45) is 1.44. The van der Waals surface area contributed by atoms with E-state index in [-0.39, 0.29) is 36.5 Å². The normalized spacial score (nSPS) is 10.5. The van der Waals surface area contributed by atoms with E-state index in [9.17, 15) is 9.59 Å². The monoisotopic (exact) mass is 446 g/mol. The number of ether oxygens (including phenoxy) is 2. The minimum absolute atomic E-state index is 0.158. The van der Waals surface area contributed by atoms with Gasteiger partial charge in [-0.15, -0.1) is 0 Å². The summed E-state index contributed by atoms with van der Waals surface area (Å²) in [5.74, 6) is 1.40. The Kier molecular flexibility index (Phi) is 6.75. The van der Waals surface area contributed by atoms with E-state index in [1.54, 1.807) is 61.7 Å². The number of rotatable bonds is 9. The largest absolute Gasteiger partial charge is 0.493 e. The summed E-state index contributed by atoms with van der Waals surface area (Å²) >= 11 is 0. The summed E-state index contributed by atoms with van der Waals surface area (Å²) < 4.78 is 21.7. The van der Waals surface area contributed by atoms with Crippen molar-refractivity contribution < 1.29 is 27.9 Å². The van der Waals surface area contributed by atoms with Crippen LogP contribution in [0.1, 0.15) is 32.4 Å². The average Bonchev–Trinajstić information content (AvgIpc) is 3.54. The molecule has 4 rings (SSSR count). The lowest BCUT2D eigenvalue weighted by atomic mass is 10.2. The van der Waals surface area contributed by atoms with Crippen molar-refractivity contribution in [1.82, 2.24) is 5.32 Å². The maximum atomic E-state index is 12.5. The zero-order valence-corrected chi connectivity index (χ0v) is 17.9. The van der Waals surface area contributed by atoms with Crippen LogP contribution in [0, 0.1) is 0 Å². The first kappa shape index (κ1) is 21.8. The van der Waals surface area contributed by atoms with Gasteiger partial charge >= 0.3 is 0 Å². The molecule has 0 saturated heterocycles. The number of para-hydroxylation sites is 2. The Balaban J connectivity index is 1.30. The van der Waals surface area contributed by atoms with Gasteiger partial charge in [0.1, 0.15) is 12.4 Å². The molecule has 2 aromatic heterocycles. The third-order valence-corrected chi connectivity index (χ3v) is 4.71. The van der Waals surface area contributed by atoms with Crippen molar-refractivity contribution in [2.45, 2.75) is 13.2 Å². The number of methoxy groups -OCH3 is 1. The number of benzene rings is 2. The molecular formula is C25H22N2O6. The Hall–Kier alpha value is -4.46. The lowest BCUT2D eigenvalue weighted by molar-refractivity contribution is 0.0918. The molecule has 0 aliphatic carbocycles. The molecule has 33 heavy (non-hydrogen) atoms. The molecule has 2 N–H and O–H groups in total. The number of carbonyl (C=O) groups is 2. The van der Waals surface area contributed by atoms with E-state index in [2.05, 4.69) is 10.6 Å². The highest BCUT2D eigenvalue weighted by Gasteiger charge is 2.13. The van der Waals surface area contributed by atoms with E-state index in [4.69, 9.17) is 18.3 Å². The molecule has 4 aromatic rings. The third kappa shape index (κ3) is 5.62. The highest BCUT2D eigenvalue weighted by molar-refractivity contribution is 6.02. The number of hydrogen-bond donors (Lipinski definition) is 2. The topological polar surface area (TPSA) is 103 Å². The van der Waals surface area contributed by atoms with Gasteiger partial charge in [-0.25, -0.2) is 0 Å². The summed E-state index contributed by atoms with van der Waals surface area (Å²) in [5, 5.41) is 5.56. The van der Waals surface area contributed by atoms with Crippen LogP contribution in [0.2, 0.25) is 0 Å². The van der Waals surface area contributed by atoms with Gasteiger partial charge in [0.15, 0.2) is 23.0 Å². The van der Waals surface area contributed by atoms with Crippen molar-refractivity contribution in [2.75, 3.05) is 12.4 Å². The van der Waals surface area contributed by atoms with E-state index < -0.39 is 0 Å². The fourth-order valence-corrected chi connectivity index (χ4v) is 3.09. The van der Waals surface area contributed by atoms with Crippen LogP contribution in [0.5, 0.6) is 11.5 Å². The van der Waals surface area contributed by atoms with Gasteiger partial charge in [-0.3, -0.25) is 9.59 Å². The summed E-state index contributed by atoms with van der Waals surface area (Å²) in [7, 11) is 1.57. The van der Waals surface area contributed by atoms with Crippen LogP contribution >= 0.6 is 0 Å². The van der Waals surface area contributed by atoms with Crippen LogP contribution in [0.3, 0.4) is 0 Å². The van der Waals surface area contributed by atoms with E-state index in [0.717, 1.165) is 5.56 Å². The molecule has 0 saturated carbocycles. The Morgan fingerprint density at radius 1 is 0.879 bits per heavy atom. The summed E-state index contributed by atoms with van der Waals surface area (Å²) in [6.45, 7) is 0.419. The standard InChI is InChI=1S/C25H22N2O6/c1-30-20-8-2-3-9-21(20)32-16-19-11-12-23(33-19)24(28)26-15-17-6-4-7-18(14-17)27-25(29)22-10-5-13-31-22/h2-14H,15-16H2,1H3,(H,26,28)(H,27,29). The molecule has 168 valence electrons. The van der Waals surface area contributed by atoms with Crippen molar-refractivity contribution in [3.63, 3.8) is 0 Å². The van der Waals surface area contributed by atoms with Crippen molar-refractivity contribution >= 4 is 17.5 Å². The number of nitrogens with one attached hydrogen (secondary N) is 2. The molecular weight excluding hydrogens is 424 g/mol. The maximum absolute atomic E-state index is 12.5. The number of amides is 2. The van der Waals surface area contributed by atoms with Gasteiger partial charge in [-0.05, 0) is 54.1 Å². The molecule has 2 amide bonds. The SMILES string of the molecule is COc1ccccc1OCc1ccc(C(=O)NCc2cccc(NC(=O)c3ccco3)c2)o1. The van der Waals surface area contributed by atoms with Crippen LogP contribution < -0.4 is 20.1 Å². The molecule has 0 aliphatic heterocycles. The summed E-state index contributed by atoms with van der Waals surface area (Å²) in [5.41, 5.74) is 1.41. The van der Waals surface area contributed by atoms with Gasteiger partial charge in [0.05, 0.1) is 13.4 Å². The van der Waals surface area contributed by atoms with Gasteiger partial charge in [0.2, 0.25) is 0 Å². The van der Waals surface area contributed by atoms with E-state index >= 15 is 0 Å². The molecule has 2 heterocycles. The molecule has 0 spiro atoms. The Bertz CT molecular complexity index is 1230. The minimum atomic E-state index is -0.358. The number of furan rings is 2. The van der Waals surface area contributed by atoms with Crippen LogP contribution in [0.15, 0.2) is 87.9 Å². The van der Waals surface area contributed by atoms with Crippen LogP contribution in [-0.2, 0) is 13.2 Å². The first-order valence-electron chi connectivity index (χ1n) is 10.2. The number of hydrogen-bond acceptors (Lipinski definition) is 6. The quantitative estimate of drug-likeness (QED) is 0.388. The molecule has 0 radical (unpaired) electrons. The van der Waals surface area contributed by atoms with Gasteiger partial charge in [-0.1, -0.05) is 24.3 Å². The molecule has 0 atom stereocenters. The number of anilines is 1. The maximum Gasteiger partial charge on any atom is 0.291 e. The van der Waals surface area contributed by atoms with E-state index in [1.807, 2.05) is 18.2 Å². The second-order valence-electron chi connectivity index (χ2n) is 7.02. The number of carbonyl (C=O) groups excluding carboxylic acids is 2. The van der Waals surface area contributed by atoms with Crippen molar-refractivity contribution in [1.29, 1.82) is 0 Å². The van der Waals surface area contributed by atoms with Crippen molar-refractivity contribution in [3.8, 4) is 11.5 Å². The molecule has 0 fully saturated rings. The first-order valence-corrected chi connectivity index (χ1v) is 10.2. The predicted octanol–water partition coefficient (Wildman–Crippen LogP) is 4.64.